The van der Waals surface area contributed by atoms with E-state index in [1.807, 2.05) is 0 Å². The van der Waals surface area contributed by atoms with Crippen LogP contribution in [-0.2, 0) is 4.74 Å². The quantitative estimate of drug-likeness (QED) is 0.468. The van der Waals surface area contributed by atoms with Gasteiger partial charge < -0.3 is 4.74 Å². The smallest absolute Gasteiger partial charge is 0.0547 e. The van der Waals surface area contributed by atoms with Gasteiger partial charge in [0.25, 0.3) is 0 Å². The highest BCUT2D eigenvalue weighted by atomic mass is 32.1. The Morgan fingerprint density at radius 2 is 2.29 bits per heavy atom. The normalized spacial score (nSPS) is 29.6. The van der Waals surface area contributed by atoms with Crippen molar-refractivity contribution in [1.29, 1.82) is 0 Å². The van der Waals surface area contributed by atoms with Gasteiger partial charge in [-0.1, -0.05) is 0 Å². The second kappa shape index (κ2) is 3.33. The van der Waals surface area contributed by atoms with Crippen LogP contribution in [0.25, 0.3) is 0 Å². The van der Waals surface area contributed by atoms with Crippen molar-refractivity contribution in [2.45, 2.75) is 25.9 Å². The molecular weight excluding hydrogens is 108 g/mol. The standard InChI is InChI=1S/C5H10O.H2S/c1-5-3-2-4-6-5;/h5H,2-4H2,1H3;1H2. The fraction of sp³-hybridized carbons (Fsp3) is 1.00. The number of rotatable bonds is 0. The summed E-state index contributed by atoms with van der Waals surface area (Å²) in [6.45, 7) is 3.11. The van der Waals surface area contributed by atoms with Crippen molar-refractivity contribution in [2.24, 2.45) is 0 Å². The Bertz CT molecular complexity index is 41.3. The molecule has 1 nitrogen and oxygen atoms in total. The first-order valence-electron chi connectivity index (χ1n) is 2.51. The highest BCUT2D eigenvalue weighted by molar-refractivity contribution is 7.59. The number of hydrogen-bond acceptors (Lipinski definition) is 1. The molecule has 1 unspecified atom stereocenters. The lowest BCUT2D eigenvalue weighted by Crippen LogP contribution is -1.94. The van der Waals surface area contributed by atoms with Gasteiger partial charge in [-0.2, -0.15) is 13.5 Å². The van der Waals surface area contributed by atoms with Crippen LogP contribution in [0.1, 0.15) is 19.8 Å². The van der Waals surface area contributed by atoms with Crippen LogP contribution in [0.3, 0.4) is 0 Å². The van der Waals surface area contributed by atoms with E-state index >= 15 is 0 Å². The third kappa shape index (κ3) is 2.19. The largest absolute Gasteiger partial charge is 0.379 e. The molecule has 2 heteroatoms. The molecular formula is C5H12OS. The summed E-state index contributed by atoms with van der Waals surface area (Å²) in [5, 5.41) is 0. The molecule has 0 N–H and O–H groups in total. The topological polar surface area (TPSA) is 9.23 Å². The summed E-state index contributed by atoms with van der Waals surface area (Å²) in [6.07, 6.45) is 3.08. The highest BCUT2D eigenvalue weighted by Gasteiger charge is 2.07. The Kier molecular flexibility index (Phi) is 3.48. The van der Waals surface area contributed by atoms with Crippen molar-refractivity contribution in [2.75, 3.05) is 6.61 Å². The molecule has 0 aromatic rings. The van der Waals surface area contributed by atoms with E-state index in [2.05, 4.69) is 6.92 Å². The Hall–Kier alpha value is 0.310. The van der Waals surface area contributed by atoms with E-state index in [4.69, 9.17) is 4.74 Å². The van der Waals surface area contributed by atoms with E-state index in [0.717, 1.165) is 6.61 Å². The Labute approximate surface area is 51.5 Å². The molecule has 0 aromatic carbocycles. The first kappa shape index (κ1) is 7.31. The van der Waals surface area contributed by atoms with Gasteiger partial charge in [0.05, 0.1) is 6.10 Å². The Morgan fingerprint density at radius 1 is 1.57 bits per heavy atom. The molecule has 1 aliphatic rings. The zero-order valence-electron chi connectivity index (χ0n) is 4.61. The molecule has 0 radical (unpaired) electrons. The minimum absolute atomic E-state index is 0. The second-order valence-electron chi connectivity index (χ2n) is 1.82. The first-order valence-corrected chi connectivity index (χ1v) is 2.51. The van der Waals surface area contributed by atoms with E-state index in [1.165, 1.54) is 12.8 Å². The second-order valence-corrected chi connectivity index (χ2v) is 1.82. The predicted octanol–water partition coefficient (Wildman–Crippen LogP) is 1.30. The van der Waals surface area contributed by atoms with Crippen molar-refractivity contribution in [3.63, 3.8) is 0 Å². The minimum Gasteiger partial charge on any atom is -0.379 e. The van der Waals surface area contributed by atoms with Crippen LogP contribution in [0.2, 0.25) is 0 Å². The molecule has 0 spiro atoms. The van der Waals surface area contributed by atoms with Gasteiger partial charge in [0.1, 0.15) is 0 Å². The van der Waals surface area contributed by atoms with Gasteiger partial charge in [0.2, 0.25) is 0 Å². The van der Waals surface area contributed by atoms with E-state index < -0.39 is 0 Å². The maximum Gasteiger partial charge on any atom is 0.0547 e. The van der Waals surface area contributed by atoms with Gasteiger partial charge in [-0.05, 0) is 19.8 Å². The summed E-state index contributed by atoms with van der Waals surface area (Å²) in [5.41, 5.74) is 0. The van der Waals surface area contributed by atoms with Gasteiger partial charge in [-0.25, -0.2) is 0 Å². The number of ether oxygens (including phenoxy) is 1. The summed E-state index contributed by atoms with van der Waals surface area (Å²) in [7, 11) is 0. The van der Waals surface area contributed by atoms with Crippen molar-refractivity contribution < 1.29 is 4.74 Å². The van der Waals surface area contributed by atoms with Crippen LogP contribution in [0.15, 0.2) is 0 Å². The molecule has 7 heavy (non-hydrogen) atoms. The molecule has 0 bridgehead atoms. The van der Waals surface area contributed by atoms with Gasteiger partial charge in [-0.15, -0.1) is 0 Å². The maximum absolute atomic E-state index is 5.15. The third-order valence-electron chi connectivity index (χ3n) is 1.16. The Balaban J connectivity index is 0.000000360. The summed E-state index contributed by atoms with van der Waals surface area (Å²) in [5.74, 6) is 0. The molecule has 0 aromatic heterocycles. The first-order chi connectivity index (χ1) is 2.89. The van der Waals surface area contributed by atoms with Gasteiger partial charge in [-0.3, -0.25) is 0 Å². The van der Waals surface area contributed by atoms with Crippen molar-refractivity contribution in [1.82, 2.24) is 0 Å². The molecule has 1 rings (SSSR count). The molecule has 0 saturated carbocycles. The monoisotopic (exact) mass is 120 g/mol. The SMILES string of the molecule is CC1CCCO1.S. The van der Waals surface area contributed by atoms with Crippen LogP contribution in [-0.4, -0.2) is 12.7 Å². The van der Waals surface area contributed by atoms with Gasteiger partial charge in [0, 0.05) is 6.61 Å². The van der Waals surface area contributed by atoms with E-state index in [1.54, 1.807) is 0 Å². The van der Waals surface area contributed by atoms with E-state index in [-0.39, 0.29) is 13.5 Å². The predicted molar refractivity (Wildman–Crippen MR) is 35.0 cm³/mol. The molecule has 1 atom stereocenters. The van der Waals surface area contributed by atoms with Crippen molar-refractivity contribution in [3.05, 3.63) is 0 Å². The number of hydrogen-bond donors (Lipinski definition) is 0. The molecule has 1 heterocycles. The fourth-order valence-electron chi connectivity index (χ4n) is 0.739. The minimum atomic E-state index is 0. The highest BCUT2D eigenvalue weighted by Crippen LogP contribution is 2.09. The Morgan fingerprint density at radius 3 is 2.43 bits per heavy atom. The van der Waals surface area contributed by atoms with Crippen LogP contribution >= 0.6 is 13.5 Å². The summed E-state index contributed by atoms with van der Waals surface area (Å²) < 4.78 is 5.15. The molecule has 0 amide bonds. The molecule has 44 valence electrons. The van der Waals surface area contributed by atoms with Crippen LogP contribution < -0.4 is 0 Å². The van der Waals surface area contributed by atoms with Crippen molar-refractivity contribution >= 4 is 13.5 Å². The van der Waals surface area contributed by atoms with Crippen LogP contribution in [0.4, 0.5) is 0 Å². The lowest BCUT2D eigenvalue weighted by molar-refractivity contribution is 0.125. The van der Waals surface area contributed by atoms with E-state index in [0.29, 0.717) is 6.10 Å². The summed E-state index contributed by atoms with van der Waals surface area (Å²) in [4.78, 5) is 0. The zero-order valence-corrected chi connectivity index (χ0v) is 5.61. The fourth-order valence-corrected chi connectivity index (χ4v) is 0.739. The molecule has 1 fully saturated rings. The summed E-state index contributed by atoms with van der Waals surface area (Å²) >= 11 is 0. The molecule has 1 aliphatic heterocycles. The van der Waals surface area contributed by atoms with Crippen molar-refractivity contribution in [3.8, 4) is 0 Å². The van der Waals surface area contributed by atoms with Gasteiger partial charge >= 0.3 is 0 Å². The molecule has 0 aliphatic carbocycles. The maximum atomic E-state index is 5.15. The average molecular weight is 120 g/mol. The van der Waals surface area contributed by atoms with Gasteiger partial charge in [0.15, 0.2) is 0 Å². The van der Waals surface area contributed by atoms with Crippen LogP contribution in [0.5, 0.6) is 0 Å². The summed E-state index contributed by atoms with van der Waals surface area (Å²) in [6, 6.07) is 0. The average Bonchev–Trinajstić information content (AvgIpc) is 1.86. The van der Waals surface area contributed by atoms with E-state index in [9.17, 15) is 0 Å². The lowest BCUT2D eigenvalue weighted by Gasteiger charge is -1.94. The third-order valence-corrected chi connectivity index (χ3v) is 1.16. The zero-order chi connectivity index (χ0) is 4.41. The molecule has 1 saturated heterocycles. The van der Waals surface area contributed by atoms with Crippen LogP contribution in [0, 0.1) is 0 Å². The lowest BCUT2D eigenvalue weighted by atomic mass is 10.3.